The van der Waals surface area contributed by atoms with Crippen LogP contribution in [-0.4, -0.2) is 56.8 Å². The number of pyridine rings is 1. The Labute approximate surface area is 151 Å². The molecule has 0 aromatic carbocycles. The van der Waals surface area contributed by atoms with Gasteiger partial charge in [-0.1, -0.05) is 6.07 Å². The topological polar surface area (TPSA) is 81.0 Å². The molecule has 8 heteroatoms. The first-order valence-corrected chi connectivity index (χ1v) is 8.58. The van der Waals surface area contributed by atoms with E-state index in [4.69, 9.17) is 4.74 Å². The molecule has 0 radical (unpaired) electrons. The van der Waals surface area contributed by atoms with Crippen LogP contribution in [0.25, 0.3) is 5.82 Å². The second-order valence-electron chi connectivity index (χ2n) is 6.20. The van der Waals surface area contributed by atoms with Crippen LogP contribution < -0.4 is 10.2 Å². The van der Waals surface area contributed by atoms with Crippen LogP contribution in [0, 0.1) is 0 Å². The Morgan fingerprint density at radius 1 is 1.19 bits per heavy atom. The number of hydrogen-bond donors (Lipinski definition) is 1. The maximum absolute atomic E-state index is 5.57. The van der Waals surface area contributed by atoms with Gasteiger partial charge in [0.2, 0.25) is 0 Å². The molecule has 134 valence electrons. The van der Waals surface area contributed by atoms with Gasteiger partial charge in [0.15, 0.2) is 0 Å². The normalized spacial score (nSPS) is 19.7. The Hall–Kier alpha value is -3.00. The molecule has 1 fully saturated rings. The quantitative estimate of drug-likeness (QED) is 0.725. The Bertz CT molecular complexity index is 825. The van der Waals surface area contributed by atoms with Crippen LogP contribution in [0.5, 0.6) is 0 Å². The minimum absolute atomic E-state index is 0.196. The fourth-order valence-electron chi connectivity index (χ4n) is 3.25. The van der Waals surface area contributed by atoms with Gasteiger partial charge in [-0.2, -0.15) is 0 Å². The van der Waals surface area contributed by atoms with Crippen LogP contribution in [0.2, 0.25) is 0 Å². The minimum Gasteiger partial charge on any atom is -0.380 e. The molecule has 0 bridgehead atoms. The van der Waals surface area contributed by atoms with E-state index in [1.807, 2.05) is 35.0 Å². The van der Waals surface area contributed by atoms with E-state index >= 15 is 0 Å². The van der Waals surface area contributed by atoms with Crippen molar-refractivity contribution in [1.82, 2.24) is 24.5 Å². The molecule has 1 N–H and O–H groups in total. The largest absolute Gasteiger partial charge is 0.380 e. The standard InChI is InChI=1S/C18H21N7O/c1-26-15-9-14(25(11-15)17-5-6-19-12-22-17)10-21-16-3-2-4-18(23-16)24-8-7-20-13-24/h2-8,12-15H,9-11H2,1H3,(H,21,23)/t14-,15-/m1/s1. The lowest BCUT2D eigenvalue weighted by Gasteiger charge is -2.25. The lowest BCUT2D eigenvalue weighted by atomic mass is 10.2. The van der Waals surface area contributed by atoms with Crippen LogP contribution in [0.1, 0.15) is 6.42 Å². The Balaban J connectivity index is 1.47. The summed E-state index contributed by atoms with van der Waals surface area (Å²) in [4.78, 5) is 19.4. The van der Waals surface area contributed by atoms with Crippen molar-refractivity contribution in [3.8, 4) is 5.82 Å². The molecule has 2 atom stereocenters. The van der Waals surface area contributed by atoms with Gasteiger partial charge in [0.25, 0.3) is 0 Å². The van der Waals surface area contributed by atoms with Crippen LogP contribution in [0.15, 0.2) is 55.5 Å². The number of nitrogens with zero attached hydrogens (tertiary/aromatic N) is 6. The molecule has 0 aliphatic carbocycles. The van der Waals surface area contributed by atoms with Crippen molar-refractivity contribution in [3.63, 3.8) is 0 Å². The summed E-state index contributed by atoms with van der Waals surface area (Å²) in [6, 6.07) is 8.12. The van der Waals surface area contributed by atoms with E-state index in [-0.39, 0.29) is 12.1 Å². The van der Waals surface area contributed by atoms with Gasteiger partial charge in [-0.25, -0.2) is 19.9 Å². The smallest absolute Gasteiger partial charge is 0.140 e. The summed E-state index contributed by atoms with van der Waals surface area (Å²) in [5.74, 6) is 2.59. The lowest BCUT2D eigenvalue weighted by Crippen LogP contribution is -2.35. The third-order valence-corrected chi connectivity index (χ3v) is 4.59. The maximum atomic E-state index is 5.57. The molecule has 1 saturated heterocycles. The second-order valence-corrected chi connectivity index (χ2v) is 6.20. The number of nitrogens with one attached hydrogen (secondary N) is 1. The zero-order valence-corrected chi connectivity index (χ0v) is 14.6. The molecule has 3 aromatic rings. The highest BCUT2D eigenvalue weighted by Gasteiger charge is 2.32. The van der Waals surface area contributed by atoms with Crippen LogP contribution >= 0.6 is 0 Å². The Kier molecular flexibility index (Phi) is 4.74. The maximum Gasteiger partial charge on any atom is 0.140 e. The highest BCUT2D eigenvalue weighted by molar-refractivity contribution is 5.43. The van der Waals surface area contributed by atoms with Gasteiger partial charge in [0.1, 0.15) is 30.1 Å². The fraction of sp³-hybridized carbons (Fsp3) is 0.333. The zero-order chi connectivity index (χ0) is 17.8. The van der Waals surface area contributed by atoms with Gasteiger partial charge < -0.3 is 15.0 Å². The summed E-state index contributed by atoms with van der Waals surface area (Å²) in [5, 5.41) is 3.45. The van der Waals surface area contributed by atoms with E-state index in [9.17, 15) is 0 Å². The molecule has 4 rings (SSSR count). The monoisotopic (exact) mass is 351 g/mol. The Morgan fingerprint density at radius 3 is 2.92 bits per heavy atom. The number of rotatable bonds is 6. The van der Waals surface area contributed by atoms with E-state index in [0.29, 0.717) is 0 Å². The second kappa shape index (κ2) is 7.49. The molecule has 1 aliphatic rings. The average Bonchev–Trinajstić information content (AvgIpc) is 3.37. The van der Waals surface area contributed by atoms with Gasteiger partial charge >= 0.3 is 0 Å². The molecular weight excluding hydrogens is 330 g/mol. The van der Waals surface area contributed by atoms with Gasteiger partial charge in [-0.15, -0.1) is 0 Å². The number of hydrogen-bond acceptors (Lipinski definition) is 7. The van der Waals surface area contributed by atoms with Crippen molar-refractivity contribution in [1.29, 1.82) is 0 Å². The van der Waals surface area contributed by atoms with Crippen LogP contribution in [0.4, 0.5) is 11.6 Å². The summed E-state index contributed by atoms with van der Waals surface area (Å²) in [5.41, 5.74) is 0. The molecule has 0 saturated carbocycles. The lowest BCUT2D eigenvalue weighted by molar-refractivity contribution is 0.118. The molecule has 0 amide bonds. The molecule has 0 spiro atoms. The van der Waals surface area contributed by atoms with Gasteiger partial charge in [0.05, 0.1) is 12.1 Å². The van der Waals surface area contributed by atoms with Crippen LogP contribution in [0.3, 0.4) is 0 Å². The zero-order valence-electron chi connectivity index (χ0n) is 14.6. The van der Waals surface area contributed by atoms with Gasteiger partial charge in [-0.05, 0) is 24.6 Å². The predicted molar refractivity (Wildman–Crippen MR) is 98.4 cm³/mol. The SMILES string of the molecule is CO[C@@H]1C[C@H](CNc2cccc(-n3ccnc3)n2)N(c2ccncn2)C1. The van der Waals surface area contributed by atoms with Crippen molar-refractivity contribution in [3.05, 3.63) is 55.5 Å². The van der Waals surface area contributed by atoms with Crippen molar-refractivity contribution in [2.45, 2.75) is 18.6 Å². The molecule has 3 aromatic heterocycles. The molecule has 8 nitrogen and oxygen atoms in total. The minimum atomic E-state index is 0.196. The molecule has 1 aliphatic heterocycles. The number of anilines is 2. The van der Waals surface area contributed by atoms with Crippen molar-refractivity contribution >= 4 is 11.6 Å². The van der Waals surface area contributed by atoms with Crippen molar-refractivity contribution in [2.75, 3.05) is 30.4 Å². The van der Waals surface area contributed by atoms with E-state index in [1.54, 1.807) is 32.2 Å². The average molecular weight is 351 g/mol. The van der Waals surface area contributed by atoms with E-state index in [1.165, 1.54) is 0 Å². The summed E-state index contributed by atoms with van der Waals surface area (Å²) >= 11 is 0. The highest BCUT2D eigenvalue weighted by atomic mass is 16.5. The first kappa shape index (κ1) is 16.5. The highest BCUT2D eigenvalue weighted by Crippen LogP contribution is 2.25. The van der Waals surface area contributed by atoms with E-state index in [0.717, 1.165) is 37.0 Å². The molecule has 0 unspecified atom stereocenters. The first-order chi connectivity index (χ1) is 12.8. The third kappa shape index (κ3) is 3.50. The molecule has 4 heterocycles. The molecular formula is C18H21N7O. The number of imidazole rings is 1. The number of ether oxygens (including phenoxy) is 1. The first-order valence-electron chi connectivity index (χ1n) is 8.58. The van der Waals surface area contributed by atoms with E-state index < -0.39 is 0 Å². The summed E-state index contributed by atoms with van der Waals surface area (Å²) < 4.78 is 7.46. The Morgan fingerprint density at radius 2 is 2.15 bits per heavy atom. The van der Waals surface area contributed by atoms with E-state index in [2.05, 4.69) is 30.2 Å². The summed E-state index contributed by atoms with van der Waals surface area (Å²) in [7, 11) is 1.76. The van der Waals surface area contributed by atoms with Gasteiger partial charge in [0, 0.05) is 38.8 Å². The third-order valence-electron chi connectivity index (χ3n) is 4.59. The number of methoxy groups -OCH3 is 1. The predicted octanol–water partition coefficient (Wildman–Crippen LogP) is 1.76. The van der Waals surface area contributed by atoms with Crippen molar-refractivity contribution < 1.29 is 4.74 Å². The molecule has 26 heavy (non-hydrogen) atoms. The van der Waals surface area contributed by atoms with Crippen LogP contribution in [-0.2, 0) is 4.74 Å². The van der Waals surface area contributed by atoms with Gasteiger partial charge in [-0.3, -0.25) is 4.57 Å². The van der Waals surface area contributed by atoms with Crippen molar-refractivity contribution in [2.24, 2.45) is 0 Å². The summed E-state index contributed by atoms with van der Waals surface area (Å²) in [6.07, 6.45) is 9.84. The summed E-state index contributed by atoms with van der Waals surface area (Å²) in [6.45, 7) is 1.58. The number of aromatic nitrogens is 5. The fourth-order valence-corrected chi connectivity index (χ4v) is 3.25.